The van der Waals surface area contributed by atoms with Crippen LogP contribution in [0.3, 0.4) is 0 Å². The van der Waals surface area contributed by atoms with Crippen molar-refractivity contribution in [1.29, 1.82) is 0 Å². The molecule has 1 amide bonds. The van der Waals surface area contributed by atoms with E-state index in [1.54, 1.807) is 0 Å². The lowest BCUT2D eigenvalue weighted by molar-refractivity contribution is 0.0785. The van der Waals surface area contributed by atoms with Gasteiger partial charge in [-0.15, -0.1) is 0 Å². The molecule has 0 bridgehead atoms. The monoisotopic (exact) mass is 259 g/mol. The van der Waals surface area contributed by atoms with E-state index in [0.29, 0.717) is 6.10 Å². The maximum Gasteiger partial charge on any atom is 0.257 e. The Kier molecular flexibility index (Phi) is 3.72. The van der Waals surface area contributed by atoms with E-state index in [1.165, 1.54) is 12.8 Å². The number of amides is 1. The van der Waals surface area contributed by atoms with E-state index < -0.39 is 0 Å². The van der Waals surface area contributed by atoms with Crippen LogP contribution in [0.1, 0.15) is 48.9 Å². The van der Waals surface area contributed by atoms with E-state index in [4.69, 9.17) is 4.74 Å². The quantitative estimate of drug-likeness (QED) is 0.834. The third-order valence-corrected chi connectivity index (χ3v) is 4.11. The normalized spacial score (nSPS) is 19.9. The van der Waals surface area contributed by atoms with Gasteiger partial charge in [0.05, 0.1) is 11.7 Å². The van der Waals surface area contributed by atoms with Crippen LogP contribution in [0.4, 0.5) is 0 Å². The fourth-order valence-corrected chi connectivity index (χ4v) is 3.02. The first-order chi connectivity index (χ1) is 9.34. The molecular formula is C16H21NO2. The number of hydrogen-bond acceptors (Lipinski definition) is 2. The first kappa shape index (κ1) is 12.5. The zero-order chi connectivity index (χ0) is 13.1. The van der Waals surface area contributed by atoms with Gasteiger partial charge in [-0.1, -0.05) is 12.1 Å². The number of rotatable bonds is 3. The minimum absolute atomic E-state index is 0.131. The largest absolute Gasteiger partial charge is 0.490 e. The number of hydrogen-bond donors (Lipinski definition) is 0. The van der Waals surface area contributed by atoms with Crippen LogP contribution >= 0.6 is 0 Å². The average molecular weight is 259 g/mol. The third kappa shape index (κ3) is 2.75. The molecule has 0 unspecified atom stereocenters. The summed E-state index contributed by atoms with van der Waals surface area (Å²) in [5.41, 5.74) is 0.733. The lowest BCUT2D eigenvalue weighted by Crippen LogP contribution is -2.28. The molecule has 0 N–H and O–H groups in total. The van der Waals surface area contributed by atoms with Crippen LogP contribution in [0.5, 0.6) is 5.75 Å². The van der Waals surface area contributed by atoms with Crippen LogP contribution in [-0.2, 0) is 0 Å². The van der Waals surface area contributed by atoms with E-state index in [1.807, 2.05) is 29.2 Å². The maximum absolute atomic E-state index is 12.5. The van der Waals surface area contributed by atoms with Crippen LogP contribution in [0.2, 0.25) is 0 Å². The minimum atomic E-state index is 0.131. The van der Waals surface area contributed by atoms with E-state index in [2.05, 4.69) is 0 Å². The Morgan fingerprint density at radius 3 is 2.47 bits per heavy atom. The van der Waals surface area contributed by atoms with Crippen molar-refractivity contribution in [2.24, 2.45) is 0 Å². The first-order valence-corrected chi connectivity index (χ1v) is 7.39. The standard InChI is InChI=1S/C16H21NO2/c18-16(17-11-5-6-12-17)14-9-3-4-10-15(14)19-13-7-1-2-8-13/h3-4,9-10,13H,1-2,5-8,11-12H2. The number of carbonyl (C=O) groups is 1. The number of carbonyl (C=O) groups excluding carboxylic acids is 1. The van der Waals surface area contributed by atoms with Gasteiger partial charge in [-0.3, -0.25) is 4.79 Å². The Hall–Kier alpha value is -1.51. The van der Waals surface area contributed by atoms with Crippen molar-refractivity contribution in [3.63, 3.8) is 0 Å². The molecule has 3 nitrogen and oxygen atoms in total. The van der Waals surface area contributed by atoms with Crippen molar-refractivity contribution >= 4 is 5.91 Å². The van der Waals surface area contributed by atoms with Gasteiger partial charge in [0, 0.05) is 13.1 Å². The van der Waals surface area contributed by atoms with Gasteiger partial charge in [0.15, 0.2) is 0 Å². The summed E-state index contributed by atoms with van der Waals surface area (Å²) in [7, 11) is 0. The Morgan fingerprint density at radius 1 is 1.05 bits per heavy atom. The Labute approximate surface area is 114 Å². The van der Waals surface area contributed by atoms with Crippen LogP contribution < -0.4 is 4.74 Å². The third-order valence-electron chi connectivity index (χ3n) is 4.11. The summed E-state index contributed by atoms with van der Waals surface area (Å²) in [6.07, 6.45) is 7.26. The van der Waals surface area contributed by atoms with Crippen molar-refractivity contribution in [1.82, 2.24) is 4.90 Å². The molecule has 2 fully saturated rings. The molecule has 19 heavy (non-hydrogen) atoms. The number of para-hydroxylation sites is 1. The Balaban J connectivity index is 1.77. The van der Waals surface area contributed by atoms with Crippen molar-refractivity contribution in [3.05, 3.63) is 29.8 Å². The molecule has 2 aliphatic rings. The Morgan fingerprint density at radius 2 is 1.74 bits per heavy atom. The molecule has 1 aliphatic heterocycles. The second-order valence-corrected chi connectivity index (χ2v) is 5.52. The van der Waals surface area contributed by atoms with Gasteiger partial charge in [-0.05, 0) is 50.7 Å². The highest BCUT2D eigenvalue weighted by Crippen LogP contribution is 2.28. The molecule has 102 valence electrons. The van der Waals surface area contributed by atoms with Gasteiger partial charge < -0.3 is 9.64 Å². The molecule has 0 atom stereocenters. The second kappa shape index (κ2) is 5.64. The van der Waals surface area contributed by atoms with E-state index in [-0.39, 0.29) is 5.91 Å². The van der Waals surface area contributed by atoms with Crippen LogP contribution in [-0.4, -0.2) is 30.0 Å². The number of benzene rings is 1. The topological polar surface area (TPSA) is 29.5 Å². The smallest absolute Gasteiger partial charge is 0.257 e. The van der Waals surface area contributed by atoms with E-state index in [0.717, 1.165) is 50.1 Å². The van der Waals surface area contributed by atoms with Crippen LogP contribution in [0.25, 0.3) is 0 Å². The number of nitrogens with zero attached hydrogens (tertiary/aromatic N) is 1. The molecule has 0 aromatic heterocycles. The zero-order valence-corrected chi connectivity index (χ0v) is 11.3. The molecule has 1 aromatic rings. The highest BCUT2D eigenvalue weighted by Gasteiger charge is 2.24. The molecule has 1 aliphatic carbocycles. The molecule has 1 saturated carbocycles. The predicted molar refractivity (Wildman–Crippen MR) is 74.5 cm³/mol. The number of likely N-dealkylation sites (tertiary alicyclic amines) is 1. The first-order valence-electron chi connectivity index (χ1n) is 7.39. The molecule has 1 saturated heterocycles. The van der Waals surface area contributed by atoms with E-state index >= 15 is 0 Å². The molecule has 3 heteroatoms. The highest BCUT2D eigenvalue weighted by molar-refractivity contribution is 5.97. The van der Waals surface area contributed by atoms with Gasteiger partial charge in [-0.25, -0.2) is 0 Å². The van der Waals surface area contributed by atoms with Crippen molar-refractivity contribution < 1.29 is 9.53 Å². The Bertz CT molecular complexity index is 446. The van der Waals surface area contributed by atoms with Crippen molar-refractivity contribution in [2.45, 2.75) is 44.6 Å². The second-order valence-electron chi connectivity index (χ2n) is 5.52. The maximum atomic E-state index is 12.5. The van der Waals surface area contributed by atoms with Crippen LogP contribution in [0.15, 0.2) is 24.3 Å². The zero-order valence-electron chi connectivity index (χ0n) is 11.3. The van der Waals surface area contributed by atoms with Crippen LogP contribution in [0, 0.1) is 0 Å². The fraction of sp³-hybridized carbons (Fsp3) is 0.562. The lowest BCUT2D eigenvalue weighted by atomic mass is 10.1. The molecular weight excluding hydrogens is 238 g/mol. The van der Waals surface area contributed by atoms with Gasteiger partial charge >= 0.3 is 0 Å². The summed E-state index contributed by atoms with van der Waals surface area (Å²) in [6, 6.07) is 7.70. The number of ether oxygens (including phenoxy) is 1. The predicted octanol–water partition coefficient (Wildman–Crippen LogP) is 3.24. The van der Waals surface area contributed by atoms with Gasteiger partial charge in [0.25, 0.3) is 5.91 Å². The summed E-state index contributed by atoms with van der Waals surface area (Å²) < 4.78 is 6.04. The fourth-order valence-electron chi connectivity index (χ4n) is 3.02. The summed E-state index contributed by atoms with van der Waals surface area (Å²) >= 11 is 0. The van der Waals surface area contributed by atoms with Gasteiger partial charge in [0.2, 0.25) is 0 Å². The molecule has 1 aromatic carbocycles. The molecule has 0 spiro atoms. The summed E-state index contributed by atoms with van der Waals surface area (Å²) in [6.45, 7) is 1.77. The van der Waals surface area contributed by atoms with E-state index in [9.17, 15) is 4.79 Å². The van der Waals surface area contributed by atoms with Gasteiger partial charge in [0.1, 0.15) is 5.75 Å². The van der Waals surface area contributed by atoms with Gasteiger partial charge in [-0.2, -0.15) is 0 Å². The summed E-state index contributed by atoms with van der Waals surface area (Å²) in [4.78, 5) is 14.4. The van der Waals surface area contributed by atoms with Crippen molar-refractivity contribution in [2.75, 3.05) is 13.1 Å². The lowest BCUT2D eigenvalue weighted by Gasteiger charge is -2.20. The SMILES string of the molecule is O=C(c1ccccc1OC1CCCC1)N1CCCC1. The molecule has 1 heterocycles. The highest BCUT2D eigenvalue weighted by atomic mass is 16.5. The van der Waals surface area contributed by atoms with Crippen molar-refractivity contribution in [3.8, 4) is 5.75 Å². The molecule has 0 radical (unpaired) electrons. The summed E-state index contributed by atoms with van der Waals surface area (Å²) in [5.74, 6) is 0.900. The average Bonchev–Trinajstić information content (AvgIpc) is 3.11. The molecule has 3 rings (SSSR count). The minimum Gasteiger partial charge on any atom is -0.490 e. The summed E-state index contributed by atoms with van der Waals surface area (Å²) in [5, 5.41) is 0.